The minimum absolute atomic E-state index is 0.324. The molecular formula is C12H11N3O. The minimum Gasteiger partial charge on any atom is -0.268 e. The molecule has 1 saturated carbocycles. The van der Waals surface area contributed by atoms with Crippen molar-refractivity contribution in [2.75, 3.05) is 0 Å². The predicted octanol–water partition coefficient (Wildman–Crippen LogP) is 1.90. The number of aliphatic imine (C=N–C) groups is 1. The first kappa shape index (κ1) is 9.31. The summed E-state index contributed by atoms with van der Waals surface area (Å²) in [5.41, 5.74) is 1.84. The largest absolute Gasteiger partial charge is 0.268 e. The number of rotatable bonds is 2. The normalized spacial score (nSPS) is 17.1. The Morgan fingerprint density at radius 1 is 1.50 bits per heavy atom. The first-order valence-corrected chi connectivity index (χ1v) is 5.27. The number of hydrogen-bond donors (Lipinski definition) is 0. The summed E-state index contributed by atoms with van der Waals surface area (Å²) in [5.74, 6) is 0. The molecule has 1 aliphatic carbocycles. The Labute approximate surface area is 92.6 Å². The fraction of sp³-hybridized carbons (Fsp3) is 0.333. The Hall–Kier alpha value is -1.93. The van der Waals surface area contributed by atoms with Gasteiger partial charge in [0.15, 0.2) is 0 Å². The molecule has 0 unspecified atom stereocenters. The van der Waals surface area contributed by atoms with E-state index in [4.69, 9.17) is 0 Å². The third kappa shape index (κ3) is 1.14. The molecule has 1 aromatic heterocycles. The Morgan fingerprint density at radius 3 is 3.00 bits per heavy atom. The van der Waals surface area contributed by atoms with Crippen LogP contribution < -0.4 is 0 Å². The number of hydrogen-bond acceptors (Lipinski definition) is 3. The summed E-state index contributed by atoms with van der Waals surface area (Å²) in [6.45, 7) is 0. The van der Waals surface area contributed by atoms with E-state index in [2.05, 4.69) is 10.1 Å². The number of aromatic nitrogens is 2. The molecule has 0 radical (unpaired) electrons. The van der Waals surface area contributed by atoms with Crippen LogP contribution in [0.3, 0.4) is 0 Å². The Balaban J connectivity index is 2.31. The average molecular weight is 213 g/mol. The second-order valence-corrected chi connectivity index (χ2v) is 4.25. The van der Waals surface area contributed by atoms with Gasteiger partial charge in [0.25, 0.3) is 0 Å². The van der Waals surface area contributed by atoms with E-state index in [0.29, 0.717) is 0 Å². The number of carbonyl (C=O) groups excluding carboxylic acids is 1. The van der Waals surface area contributed by atoms with Crippen LogP contribution in [0.4, 0.5) is 0 Å². The van der Waals surface area contributed by atoms with Crippen LogP contribution in [-0.4, -0.2) is 15.9 Å². The van der Waals surface area contributed by atoms with Crippen molar-refractivity contribution in [3.8, 4) is 0 Å². The van der Waals surface area contributed by atoms with Crippen molar-refractivity contribution in [3.05, 3.63) is 30.0 Å². The summed E-state index contributed by atoms with van der Waals surface area (Å²) >= 11 is 0. The quantitative estimate of drug-likeness (QED) is 0.565. The number of fused-ring (bicyclic) bond motifs is 1. The first-order valence-electron chi connectivity index (χ1n) is 5.27. The second-order valence-electron chi connectivity index (χ2n) is 4.25. The summed E-state index contributed by atoms with van der Waals surface area (Å²) in [5, 5.41) is 5.32. The van der Waals surface area contributed by atoms with Gasteiger partial charge in [0.1, 0.15) is 5.54 Å². The SMILES string of the molecule is Cn1ncc2cccc(C3(N=C=O)CC3)c21. The summed E-state index contributed by atoms with van der Waals surface area (Å²) in [4.78, 5) is 14.4. The molecule has 0 bridgehead atoms. The monoisotopic (exact) mass is 213 g/mol. The van der Waals surface area contributed by atoms with Crippen molar-refractivity contribution >= 4 is 17.0 Å². The highest BCUT2D eigenvalue weighted by molar-refractivity contribution is 5.83. The highest BCUT2D eigenvalue weighted by Gasteiger charge is 2.46. The zero-order chi connectivity index (χ0) is 11.2. The van der Waals surface area contributed by atoms with E-state index in [9.17, 15) is 4.79 Å². The average Bonchev–Trinajstić information content (AvgIpc) is 2.98. The maximum absolute atomic E-state index is 10.5. The molecule has 0 atom stereocenters. The number of aryl methyl sites for hydroxylation is 1. The molecule has 4 nitrogen and oxygen atoms in total. The van der Waals surface area contributed by atoms with Crippen LogP contribution in [-0.2, 0) is 17.4 Å². The van der Waals surface area contributed by atoms with E-state index < -0.39 is 0 Å². The molecule has 16 heavy (non-hydrogen) atoms. The van der Waals surface area contributed by atoms with Crippen LogP contribution in [0.1, 0.15) is 18.4 Å². The standard InChI is InChI=1S/C12H11N3O/c1-15-11-9(7-14-15)3-2-4-10(11)12(5-6-12)13-8-16/h2-4,7H,5-6H2,1H3. The van der Waals surface area contributed by atoms with Crippen LogP contribution >= 0.6 is 0 Å². The van der Waals surface area contributed by atoms with Crippen molar-refractivity contribution < 1.29 is 4.79 Å². The third-order valence-corrected chi connectivity index (χ3v) is 3.25. The van der Waals surface area contributed by atoms with Crippen molar-refractivity contribution in [1.82, 2.24) is 9.78 Å². The van der Waals surface area contributed by atoms with E-state index in [1.165, 1.54) is 0 Å². The molecule has 1 aliphatic rings. The van der Waals surface area contributed by atoms with Crippen LogP contribution in [0.25, 0.3) is 10.9 Å². The van der Waals surface area contributed by atoms with Gasteiger partial charge in [0.05, 0.1) is 11.7 Å². The molecule has 1 aromatic carbocycles. The van der Waals surface area contributed by atoms with Gasteiger partial charge in [-0.15, -0.1) is 0 Å². The molecule has 80 valence electrons. The minimum atomic E-state index is -0.324. The molecule has 4 heteroatoms. The molecule has 0 amide bonds. The number of benzene rings is 1. The maximum atomic E-state index is 10.5. The third-order valence-electron chi connectivity index (χ3n) is 3.25. The molecule has 3 rings (SSSR count). The fourth-order valence-electron chi connectivity index (χ4n) is 2.26. The molecule has 0 N–H and O–H groups in total. The summed E-state index contributed by atoms with van der Waals surface area (Å²) < 4.78 is 1.84. The molecule has 1 heterocycles. The first-order chi connectivity index (χ1) is 7.77. The zero-order valence-electron chi connectivity index (χ0n) is 8.97. The number of para-hydroxylation sites is 1. The van der Waals surface area contributed by atoms with E-state index >= 15 is 0 Å². The van der Waals surface area contributed by atoms with E-state index in [-0.39, 0.29) is 5.54 Å². The van der Waals surface area contributed by atoms with Crippen LogP contribution in [0.5, 0.6) is 0 Å². The van der Waals surface area contributed by atoms with Gasteiger partial charge in [-0.1, -0.05) is 18.2 Å². The zero-order valence-corrected chi connectivity index (χ0v) is 8.97. The van der Waals surface area contributed by atoms with Crippen LogP contribution in [0, 0.1) is 0 Å². The van der Waals surface area contributed by atoms with Gasteiger partial charge < -0.3 is 0 Å². The lowest BCUT2D eigenvalue weighted by molar-refractivity contribution is 0.556. The van der Waals surface area contributed by atoms with Gasteiger partial charge in [-0.25, -0.2) is 4.79 Å². The van der Waals surface area contributed by atoms with Crippen molar-refractivity contribution in [2.24, 2.45) is 12.0 Å². The lowest BCUT2D eigenvalue weighted by Gasteiger charge is -2.10. The van der Waals surface area contributed by atoms with Gasteiger partial charge in [0.2, 0.25) is 6.08 Å². The van der Waals surface area contributed by atoms with E-state index in [1.54, 1.807) is 6.08 Å². The van der Waals surface area contributed by atoms with Gasteiger partial charge in [0, 0.05) is 18.0 Å². The number of nitrogens with zero attached hydrogens (tertiary/aromatic N) is 3. The lowest BCUT2D eigenvalue weighted by Crippen LogP contribution is -2.05. The van der Waals surface area contributed by atoms with Gasteiger partial charge in [-0.3, -0.25) is 4.68 Å². The van der Waals surface area contributed by atoms with Gasteiger partial charge in [-0.2, -0.15) is 10.1 Å². The Bertz CT molecular complexity index is 604. The molecule has 0 aliphatic heterocycles. The fourth-order valence-corrected chi connectivity index (χ4v) is 2.26. The topological polar surface area (TPSA) is 47.2 Å². The Kier molecular flexibility index (Phi) is 1.76. The van der Waals surface area contributed by atoms with E-state index in [0.717, 1.165) is 29.3 Å². The summed E-state index contributed by atoms with van der Waals surface area (Å²) in [6, 6.07) is 6.03. The molecule has 0 saturated heterocycles. The molecule has 0 spiro atoms. The molecule has 1 fully saturated rings. The maximum Gasteiger partial charge on any atom is 0.235 e. The van der Waals surface area contributed by atoms with Gasteiger partial charge >= 0.3 is 0 Å². The molecular weight excluding hydrogens is 202 g/mol. The highest BCUT2D eigenvalue weighted by Crippen LogP contribution is 2.51. The predicted molar refractivity (Wildman–Crippen MR) is 59.7 cm³/mol. The van der Waals surface area contributed by atoms with Crippen LogP contribution in [0.2, 0.25) is 0 Å². The van der Waals surface area contributed by atoms with Crippen molar-refractivity contribution in [2.45, 2.75) is 18.4 Å². The molecule has 2 aromatic rings. The van der Waals surface area contributed by atoms with Crippen molar-refractivity contribution in [3.63, 3.8) is 0 Å². The number of isocyanates is 1. The van der Waals surface area contributed by atoms with Crippen LogP contribution in [0.15, 0.2) is 29.4 Å². The van der Waals surface area contributed by atoms with E-state index in [1.807, 2.05) is 36.1 Å². The summed E-state index contributed by atoms with van der Waals surface area (Å²) in [7, 11) is 1.91. The highest BCUT2D eigenvalue weighted by atomic mass is 16.1. The lowest BCUT2D eigenvalue weighted by atomic mass is 10.0. The van der Waals surface area contributed by atoms with Crippen molar-refractivity contribution in [1.29, 1.82) is 0 Å². The second kappa shape index (κ2) is 3.03. The Morgan fingerprint density at radius 2 is 2.31 bits per heavy atom. The van der Waals surface area contributed by atoms with Gasteiger partial charge in [-0.05, 0) is 12.8 Å². The smallest absolute Gasteiger partial charge is 0.235 e. The summed E-state index contributed by atoms with van der Waals surface area (Å²) in [6.07, 6.45) is 5.37.